The van der Waals surface area contributed by atoms with Crippen LogP contribution in [0, 0.1) is 20.8 Å². The summed E-state index contributed by atoms with van der Waals surface area (Å²) >= 11 is 1.51. The van der Waals surface area contributed by atoms with E-state index >= 15 is 0 Å². The molecule has 1 heterocycles. The molecule has 0 aromatic heterocycles. The maximum Gasteiger partial charge on any atom is 0.230 e. The van der Waals surface area contributed by atoms with Gasteiger partial charge >= 0.3 is 0 Å². The van der Waals surface area contributed by atoms with Gasteiger partial charge in [-0.2, -0.15) is 0 Å². The minimum atomic E-state index is -3.01. The summed E-state index contributed by atoms with van der Waals surface area (Å²) in [5, 5.41) is 2.89. The van der Waals surface area contributed by atoms with E-state index in [1.807, 2.05) is 20.8 Å². The zero-order valence-corrected chi connectivity index (χ0v) is 15.2. The average molecular weight is 341 g/mol. The van der Waals surface area contributed by atoms with Gasteiger partial charge in [-0.25, -0.2) is 8.42 Å². The van der Waals surface area contributed by atoms with Crippen LogP contribution in [0.3, 0.4) is 0 Å². The van der Waals surface area contributed by atoms with Gasteiger partial charge in [-0.15, -0.1) is 11.8 Å². The van der Waals surface area contributed by atoms with E-state index in [-0.39, 0.29) is 17.4 Å². The molecule has 0 aliphatic carbocycles. The number of nitrogens with one attached hydrogen (secondary N) is 1. The van der Waals surface area contributed by atoms with Crippen LogP contribution in [-0.2, 0) is 14.6 Å². The molecule has 0 saturated carbocycles. The summed E-state index contributed by atoms with van der Waals surface area (Å²) in [6, 6.07) is 4.22. The minimum absolute atomic E-state index is 0.0407. The number of aryl methyl sites for hydroxylation is 3. The highest BCUT2D eigenvalue weighted by Gasteiger charge is 2.39. The van der Waals surface area contributed by atoms with Crippen molar-refractivity contribution in [3.63, 3.8) is 0 Å². The number of carbonyl (C=O) groups excluding carboxylic acids is 1. The molecule has 1 amide bonds. The van der Waals surface area contributed by atoms with Gasteiger partial charge in [-0.3, -0.25) is 4.79 Å². The summed E-state index contributed by atoms with van der Waals surface area (Å²) < 4.78 is 23.1. The van der Waals surface area contributed by atoms with Crippen molar-refractivity contribution in [3.8, 4) is 0 Å². The highest BCUT2D eigenvalue weighted by molar-refractivity contribution is 8.00. The maximum absolute atomic E-state index is 12.2. The van der Waals surface area contributed by atoms with Crippen LogP contribution in [0.2, 0.25) is 0 Å². The average Bonchev–Trinajstić information content (AvgIpc) is 2.61. The van der Waals surface area contributed by atoms with Gasteiger partial charge in [0, 0.05) is 4.90 Å². The number of hydrogen-bond acceptors (Lipinski definition) is 4. The first-order chi connectivity index (χ1) is 10.1. The van der Waals surface area contributed by atoms with E-state index < -0.39 is 15.4 Å². The number of amides is 1. The van der Waals surface area contributed by atoms with Crippen molar-refractivity contribution in [2.45, 2.75) is 44.6 Å². The zero-order valence-electron chi connectivity index (χ0n) is 13.5. The fraction of sp³-hybridized carbons (Fsp3) is 0.562. The van der Waals surface area contributed by atoms with E-state index in [4.69, 9.17) is 0 Å². The Bertz CT molecular complexity index is 674. The predicted molar refractivity (Wildman–Crippen MR) is 91.2 cm³/mol. The first-order valence-corrected chi connectivity index (χ1v) is 10.1. The van der Waals surface area contributed by atoms with Crippen molar-refractivity contribution >= 4 is 27.5 Å². The van der Waals surface area contributed by atoms with Gasteiger partial charge in [-0.05, 0) is 45.2 Å². The van der Waals surface area contributed by atoms with E-state index in [1.54, 1.807) is 0 Å². The van der Waals surface area contributed by atoms with Gasteiger partial charge in [0.15, 0.2) is 9.84 Å². The van der Waals surface area contributed by atoms with E-state index in [0.717, 1.165) is 4.90 Å². The molecule has 1 atom stereocenters. The van der Waals surface area contributed by atoms with E-state index in [9.17, 15) is 13.2 Å². The van der Waals surface area contributed by atoms with Gasteiger partial charge in [0.1, 0.15) is 0 Å². The molecular formula is C16H23NO3S2. The van der Waals surface area contributed by atoms with Crippen LogP contribution in [0.1, 0.15) is 30.0 Å². The Kier molecular flexibility index (Phi) is 4.92. The summed E-state index contributed by atoms with van der Waals surface area (Å²) in [6.07, 6.45) is 0.494. The van der Waals surface area contributed by atoms with Gasteiger partial charge in [0.25, 0.3) is 0 Å². The Balaban J connectivity index is 1.97. The van der Waals surface area contributed by atoms with Crippen molar-refractivity contribution in [1.82, 2.24) is 5.32 Å². The number of benzene rings is 1. The fourth-order valence-corrected chi connectivity index (χ4v) is 6.03. The summed E-state index contributed by atoms with van der Waals surface area (Å²) in [7, 11) is -3.01. The molecular weight excluding hydrogens is 318 g/mol. The lowest BCUT2D eigenvalue weighted by molar-refractivity contribution is -0.120. The number of hydrogen-bond donors (Lipinski definition) is 1. The Morgan fingerprint density at radius 1 is 1.27 bits per heavy atom. The van der Waals surface area contributed by atoms with Gasteiger partial charge in [0.05, 0.1) is 22.8 Å². The quantitative estimate of drug-likeness (QED) is 0.854. The molecule has 0 radical (unpaired) electrons. The van der Waals surface area contributed by atoms with Gasteiger partial charge in [-0.1, -0.05) is 17.7 Å². The molecule has 1 aromatic rings. The summed E-state index contributed by atoms with van der Waals surface area (Å²) in [6.45, 7) is 7.96. The molecule has 0 bridgehead atoms. The monoisotopic (exact) mass is 341 g/mol. The molecule has 4 nitrogen and oxygen atoms in total. The highest BCUT2D eigenvalue weighted by atomic mass is 32.2. The third-order valence-corrected chi connectivity index (χ3v) is 7.14. The molecule has 22 heavy (non-hydrogen) atoms. The van der Waals surface area contributed by atoms with Crippen molar-refractivity contribution in [2.75, 3.05) is 17.3 Å². The smallest absolute Gasteiger partial charge is 0.230 e. The lowest BCUT2D eigenvalue weighted by Gasteiger charge is -2.24. The predicted octanol–water partition coefficient (Wildman–Crippen LogP) is 2.40. The third kappa shape index (κ3) is 4.26. The molecule has 1 N–H and O–H groups in total. The molecule has 0 unspecified atom stereocenters. The third-order valence-electron chi connectivity index (χ3n) is 3.90. The van der Waals surface area contributed by atoms with Crippen molar-refractivity contribution in [2.24, 2.45) is 0 Å². The Morgan fingerprint density at radius 3 is 2.36 bits per heavy atom. The highest BCUT2D eigenvalue weighted by Crippen LogP contribution is 2.28. The molecule has 122 valence electrons. The first-order valence-electron chi connectivity index (χ1n) is 7.32. The Hall–Kier alpha value is -1.01. The van der Waals surface area contributed by atoms with Crippen LogP contribution in [0.5, 0.6) is 0 Å². The van der Waals surface area contributed by atoms with Gasteiger partial charge in [0.2, 0.25) is 5.91 Å². The van der Waals surface area contributed by atoms with Crippen molar-refractivity contribution in [1.29, 1.82) is 0 Å². The van der Waals surface area contributed by atoms with Crippen LogP contribution < -0.4 is 5.32 Å². The van der Waals surface area contributed by atoms with Crippen LogP contribution in [-0.4, -0.2) is 37.1 Å². The second kappa shape index (κ2) is 6.24. The fourth-order valence-electron chi connectivity index (χ4n) is 3.01. The topological polar surface area (TPSA) is 63.2 Å². The maximum atomic E-state index is 12.2. The van der Waals surface area contributed by atoms with E-state index in [0.29, 0.717) is 12.2 Å². The molecule has 0 spiro atoms. The van der Waals surface area contributed by atoms with Crippen LogP contribution >= 0.6 is 11.8 Å². The number of sulfone groups is 1. The zero-order chi connectivity index (χ0) is 16.5. The lowest BCUT2D eigenvalue weighted by Crippen LogP contribution is -2.47. The van der Waals surface area contributed by atoms with E-state index in [2.05, 4.69) is 24.4 Å². The van der Waals surface area contributed by atoms with E-state index in [1.165, 1.54) is 28.5 Å². The molecule has 1 aliphatic heterocycles. The largest absolute Gasteiger partial charge is 0.349 e. The molecule has 1 fully saturated rings. The number of rotatable bonds is 4. The van der Waals surface area contributed by atoms with Crippen LogP contribution in [0.25, 0.3) is 0 Å². The summed E-state index contributed by atoms with van der Waals surface area (Å²) in [4.78, 5) is 13.3. The van der Waals surface area contributed by atoms with Gasteiger partial charge < -0.3 is 5.32 Å². The number of carbonyl (C=O) groups is 1. The second-order valence-electron chi connectivity index (χ2n) is 6.47. The molecule has 6 heteroatoms. The summed E-state index contributed by atoms with van der Waals surface area (Å²) in [5.74, 6) is 0.399. The SMILES string of the molecule is Cc1cc(C)c(SCC(=O)N[C@]2(C)CCS(=O)(=O)C2)c(C)c1. The van der Waals surface area contributed by atoms with Crippen molar-refractivity contribution < 1.29 is 13.2 Å². The Labute approximate surface area is 137 Å². The standard InChI is InChI=1S/C16H23NO3S2/c1-11-7-12(2)15(13(3)8-11)21-9-14(18)17-16(4)5-6-22(19,20)10-16/h7-8H,5-6,9-10H2,1-4H3,(H,17,18)/t16-/m1/s1. The number of thioether (sulfide) groups is 1. The second-order valence-corrected chi connectivity index (χ2v) is 9.64. The normalized spacial score (nSPS) is 23.5. The Morgan fingerprint density at radius 2 is 1.86 bits per heavy atom. The molecule has 2 rings (SSSR count). The minimum Gasteiger partial charge on any atom is -0.349 e. The lowest BCUT2D eigenvalue weighted by atomic mass is 10.0. The first kappa shape index (κ1) is 17.3. The van der Waals surface area contributed by atoms with Crippen LogP contribution in [0.4, 0.5) is 0 Å². The van der Waals surface area contributed by atoms with Crippen molar-refractivity contribution in [3.05, 3.63) is 28.8 Å². The van der Waals surface area contributed by atoms with Crippen LogP contribution in [0.15, 0.2) is 17.0 Å². The molecule has 1 saturated heterocycles. The molecule has 1 aromatic carbocycles. The summed E-state index contributed by atoms with van der Waals surface area (Å²) in [5.41, 5.74) is 2.94. The molecule has 1 aliphatic rings.